The number of hydrogen-bond acceptors (Lipinski definition) is 7. The van der Waals surface area contributed by atoms with Gasteiger partial charge in [0, 0.05) is 44.0 Å². The van der Waals surface area contributed by atoms with Gasteiger partial charge in [0.2, 0.25) is 12.4 Å². The van der Waals surface area contributed by atoms with Crippen LogP contribution in [-0.2, 0) is 4.79 Å². The van der Waals surface area contributed by atoms with Crippen LogP contribution in [0.2, 0.25) is 0 Å². The Kier molecular flexibility index (Phi) is 3.90. The highest BCUT2D eigenvalue weighted by molar-refractivity contribution is 5.54. The third-order valence-corrected chi connectivity index (χ3v) is 3.47. The number of carbonyl (C=O) groups is 1. The van der Waals surface area contributed by atoms with Gasteiger partial charge in [-0.2, -0.15) is 4.98 Å². The number of aromatic nitrogens is 3. The Bertz CT molecular complexity index is 663. The maximum absolute atomic E-state index is 10.8. The average Bonchev–Trinajstić information content (AvgIpc) is 2.92. The lowest BCUT2D eigenvalue weighted by atomic mass is 10.3. The first-order chi connectivity index (χ1) is 10.6. The summed E-state index contributed by atoms with van der Waals surface area (Å²) in [6.45, 7) is 6.58. The minimum Gasteiger partial charge on any atom is -0.360 e. The highest BCUT2D eigenvalue weighted by atomic mass is 16.5. The summed E-state index contributed by atoms with van der Waals surface area (Å²) in [4.78, 5) is 23.6. The molecule has 116 valence electrons. The zero-order valence-electron chi connectivity index (χ0n) is 12.6. The number of hydrogen-bond donors (Lipinski definition) is 1. The quantitative estimate of drug-likeness (QED) is 0.846. The lowest BCUT2D eigenvalue weighted by molar-refractivity contribution is -0.118. The fourth-order valence-corrected chi connectivity index (χ4v) is 2.34. The van der Waals surface area contributed by atoms with E-state index in [1.807, 2.05) is 19.9 Å². The SMILES string of the molecule is Cc1cc(Nc2cc(C)on2)nc(N2CCN(C=O)CC2)n1. The van der Waals surface area contributed by atoms with Gasteiger partial charge in [-0.15, -0.1) is 0 Å². The van der Waals surface area contributed by atoms with Crippen molar-refractivity contribution in [3.05, 3.63) is 23.6 Å². The first-order valence-electron chi connectivity index (χ1n) is 7.14. The molecule has 2 aromatic heterocycles. The number of piperazine rings is 1. The number of anilines is 3. The maximum Gasteiger partial charge on any atom is 0.227 e. The summed E-state index contributed by atoms with van der Waals surface area (Å²) in [5, 5.41) is 7.01. The Labute approximate surface area is 128 Å². The first-order valence-corrected chi connectivity index (χ1v) is 7.14. The van der Waals surface area contributed by atoms with E-state index in [0.717, 1.165) is 31.0 Å². The van der Waals surface area contributed by atoms with Crippen LogP contribution in [0.25, 0.3) is 0 Å². The molecule has 1 aliphatic heterocycles. The zero-order valence-corrected chi connectivity index (χ0v) is 12.6. The molecular formula is C14H18N6O2. The predicted molar refractivity (Wildman–Crippen MR) is 81.1 cm³/mol. The first kappa shape index (κ1) is 14.3. The van der Waals surface area contributed by atoms with Crippen LogP contribution >= 0.6 is 0 Å². The van der Waals surface area contributed by atoms with Gasteiger partial charge in [-0.1, -0.05) is 5.16 Å². The van der Waals surface area contributed by atoms with Crippen LogP contribution in [0.4, 0.5) is 17.6 Å². The van der Waals surface area contributed by atoms with Crippen LogP contribution in [0.5, 0.6) is 0 Å². The van der Waals surface area contributed by atoms with Crippen molar-refractivity contribution in [2.24, 2.45) is 0 Å². The second-order valence-corrected chi connectivity index (χ2v) is 5.27. The molecule has 1 N–H and O–H groups in total. The third-order valence-electron chi connectivity index (χ3n) is 3.47. The van der Waals surface area contributed by atoms with Crippen LogP contribution in [0.3, 0.4) is 0 Å². The van der Waals surface area contributed by atoms with Crippen molar-refractivity contribution in [3.8, 4) is 0 Å². The minimum atomic E-state index is 0.618. The number of aryl methyl sites for hydroxylation is 2. The topological polar surface area (TPSA) is 87.4 Å². The second kappa shape index (κ2) is 6.00. The molecule has 0 spiro atoms. The molecule has 1 amide bonds. The number of nitrogens with zero attached hydrogens (tertiary/aromatic N) is 5. The highest BCUT2D eigenvalue weighted by Gasteiger charge is 2.18. The predicted octanol–water partition coefficient (Wildman–Crippen LogP) is 1.10. The van der Waals surface area contributed by atoms with Gasteiger partial charge < -0.3 is 19.6 Å². The molecule has 0 radical (unpaired) electrons. The molecule has 8 nitrogen and oxygen atoms in total. The molecule has 3 rings (SSSR count). The monoisotopic (exact) mass is 302 g/mol. The smallest absolute Gasteiger partial charge is 0.227 e. The average molecular weight is 302 g/mol. The van der Waals surface area contributed by atoms with Gasteiger partial charge in [0.1, 0.15) is 11.6 Å². The molecule has 8 heteroatoms. The Morgan fingerprint density at radius 3 is 2.55 bits per heavy atom. The van der Waals surface area contributed by atoms with Crippen LogP contribution in [-0.4, -0.2) is 52.6 Å². The second-order valence-electron chi connectivity index (χ2n) is 5.27. The van der Waals surface area contributed by atoms with Crippen molar-refractivity contribution in [1.82, 2.24) is 20.0 Å². The molecule has 0 atom stereocenters. The number of rotatable bonds is 4. The van der Waals surface area contributed by atoms with Crippen molar-refractivity contribution < 1.29 is 9.32 Å². The fraction of sp³-hybridized carbons (Fsp3) is 0.429. The van der Waals surface area contributed by atoms with Crippen LogP contribution in [0, 0.1) is 13.8 Å². The Balaban J connectivity index is 1.76. The molecule has 22 heavy (non-hydrogen) atoms. The van der Waals surface area contributed by atoms with Gasteiger partial charge in [-0.25, -0.2) is 4.98 Å². The van der Waals surface area contributed by atoms with Crippen molar-refractivity contribution in [1.29, 1.82) is 0 Å². The van der Waals surface area contributed by atoms with Crippen molar-refractivity contribution in [2.75, 3.05) is 36.4 Å². The summed E-state index contributed by atoms with van der Waals surface area (Å²) in [5.41, 5.74) is 0.866. The van der Waals surface area contributed by atoms with Crippen molar-refractivity contribution in [2.45, 2.75) is 13.8 Å². The van der Waals surface area contributed by atoms with Gasteiger partial charge in [0.15, 0.2) is 5.82 Å². The van der Waals surface area contributed by atoms with E-state index in [1.165, 1.54) is 0 Å². The van der Waals surface area contributed by atoms with Gasteiger partial charge in [0.05, 0.1) is 0 Å². The lowest BCUT2D eigenvalue weighted by Crippen LogP contribution is -2.46. The molecule has 0 aromatic carbocycles. The largest absolute Gasteiger partial charge is 0.360 e. The van der Waals surface area contributed by atoms with Gasteiger partial charge >= 0.3 is 0 Å². The molecule has 1 aliphatic rings. The zero-order chi connectivity index (χ0) is 15.5. The van der Waals surface area contributed by atoms with E-state index in [4.69, 9.17) is 4.52 Å². The molecule has 1 saturated heterocycles. The van der Waals surface area contributed by atoms with E-state index in [1.54, 1.807) is 11.0 Å². The summed E-state index contributed by atoms with van der Waals surface area (Å²) in [5.74, 6) is 2.69. The Morgan fingerprint density at radius 1 is 1.14 bits per heavy atom. The van der Waals surface area contributed by atoms with Crippen LogP contribution in [0.1, 0.15) is 11.5 Å². The summed E-state index contributed by atoms with van der Waals surface area (Å²) in [6, 6.07) is 3.66. The summed E-state index contributed by atoms with van der Waals surface area (Å²) in [7, 11) is 0. The van der Waals surface area contributed by atoms with Crippen molar-refractivity contribution in [3.63, 3.8) is 0 Å². The van der Waals surface area contributed by atoms with E-state index in [-0.39, 0.29) is 0 Å². The van der Waals surface area contributed by atoms with Gasteiger partial charge in [-0.3, -0.25) is 4.79 Å². The highest BCUT2D eigenvalue weighted by Crippen LogP contribution is 2.19. The van der Waals surface area contributed by atoms with Gasteiger partial charge in [0.25, 0.3) is 0 Å². The summed E-state index contributed by atoms with van der Waals surface area (Å²) in [6.07, 6.45) is 0.883. The molecule has 3 heterocycles. The number of carbonyl (C=O) groups excluding carboxylic acids is 1. The van der Waals surface area contributed by atoms with E-state index in [2.05, 4.69) is 25.3 Å². The van der Waals surface area contributed by atoms with Crippen molar-refractivity contribution >= 4 is 24.0 Å². The molecule has 0 saturated carbocycles. The lowest BCUT2D eigenvalue weighted by Gasteiger charge is -2.32. The molecule has 1 fully saturated rings. The third kappa shape index (κ3) is 3.16. The molecular weight excluding hydrogens is 284 g/mol. The normalized spacial score (nSPS) is 15.0. The molecule has 0 bridgehead atoms. The van der Waals surface area contributed by atoms with E-state index >= 15 is 0 Å². The van der Waals surface area contributed by atoms with E-state index < -0.39 is 0 Å². The molecule has 0 aliphatic carbocycles. The minimum absolute atomic E-state index is 0.618. The van der Waals surface area contributed by atoms with Crippen LogP contribution in [0.15, 0.2) is 16.7 Å². The van der Waals surface area contributed by atoms with Crippen LogP contribution < -0.4 is 10.2 Å². The maximum atomic E-state index is 10.8. The summed E-state index contributed by atoms with van der Waals surface area (Å²) < 4.78 is 5.03. The standard InChI is InChI=1S/C14H18N6O2/c1-10-7-12(16-13-8-11(2)22-18-13)17-14(15-10)20-5-3-19(9-21)4-6-20/h7-9H,3-6H2,1-2H3,(H,15,16,17,18). The van der Waals surface area contributed by atoms with E-state index in [9.17, 15) is 4.79 Å². The number of amides is 1. The Hall–Kier alpha value is -2.64. The molecule has 0 unspecified atom stereocenters. The van der Waals surface area contributed by atoms with E-state index in [0.29, 0.717) is 30.7 Å². The summed E-state index contributed by atoms with van der Waals surface area (Å²) >= 11 is 0. The number of nitrogens with one attached hydrogen (secondary N) is 1. The Morgan fingerprint density at radius 2 is 1.91 bits per heavy atom. The molecule has 2 aromatic rings. The fourth-order valence-electron chi connectivity index (χ4n) is 2.34. The van der Waals surface area contributed by atoms with Gasteiger partial charge in [-0.05, 0) is 13.8 Å².